The number of hydrogen-bond donors (Lipinski definition) is 0. The molecule has 0 atom stereocenters. The molecule has 1 aromatic heterocycles. The first-order valence-corrected chi connectivity index (χ1v) is 4.50. The monoisotopic (exact) mass is 131 g/mol. The second-order valence-electron chi connectivity index (χ2n) is 1.30. The van der Waals surface area contributed by atoms with E-state index in [0.717, 1.165) is 0 Å². The highest BCUT2D eigenvalue weighted by atomic mass is 32.9. The summed E-state index contributed by atoms with van der Waals surface area (Å²) in [6.45, 7) is 2.18. The van der Waals surface area contributed by atoms with Gasteiger partial charge in [-0.1, -0.05) is 6.92 Å². The third-order valence-corrected chi connectivity index (χ3v) is 3.06. The van der Waals surface area contributed by atoms with Crippen LogP contribution >= 0.6 is 20.7 Å². The van der Waals surface area contributed by atoms with Crippen molar-refractivity contribution < 1.29 is 0 Å². The largest absolute Gasteiger partial charge is 0.291 e. The van der Waals surface area contributed by atoms with Gasteiger partial charge in [0, 0.05) is 6.07 Å². The molecule has 0 N–H and O–H groups in total. The topological polar surface area (TPSA) is 0 Å². The maximum absolute atomic E-state index is 2.18. The van der Waals surface area contributed by atoms with Crippen molar-refractivity contribution in [3.05, 3.63) is 16.3 Å². The molecule has 0 aliphatic heterocycles. The molecule has 1 aromatic rings. The maximum atomic E-state index is 2.18. The number of hydrogen-bond acceptors (Lipinski definition) is 1. The van der Waals surface area contributed by atoms with Crippen LogP contribution < -0.4 is 0 Å². The minimum Gasteiger partial charge on any atom is -0.0603 e. The van der Waals surface area contributed by atoms with Crippen LogP contribution in [0.4, 0.5) is 0 Å². The van der Waals surface area contributed by atoms with E-state index in [0.29, 0.717) is 0 Å². The minimum atomic E-state index is 1.19. The highest BCUT2D eigenvalue weighted by Crippen LogP contribution is 2.14. The van der Waals surface area contributed by atoms with Gasteiger partial charge in [-0.2, -0.15) is 0 Å². The van der Waals surface area contributed by atoms with E-state index in [1.807, 2.05) is 10.3 Å². The van der Waals surface area contributed by atoms with E-state index in [1.165, 1.54) is 11.3 Å². The van der Waals surface area contributed by atoms with E-state index >= 15 is 0 Å². The minimum absolute atomic E-state index is 1.19. The molecule has 1 rings (SSSR count). The Balaban J connectivity index is 2.76. The Labute approximate surface area is 50.8 Å². The van der Waals surface area contributed by atoms with Gasteiger partial charge in [0.15, 0.2) is 10.3 Å². The summed E-state index contributed by atoms with van der Waals surface area (Å²) < 4.78 is 0. The average molecular weight is 131 g/mol. The maximum Gasteiger partial charge on any atom is 0.291 e. The zero-order chi connectivity index (χ0) is 5.11. The first-order valence-electron chi connectivity index (χ1n) is 2.29. The van der Waals surface area contributed by atoms with Gasteiger partial charge in [0.1, 0.15) is 0 Å². The van der Waals surface area contributed by atoms with E-state index in [2.05, 4.69) is 18.4 Å². The fourth-order valence-corrected chi connectivity index (χ4v) is 2.35. The second-order valence-corrected chi connectivity index (χ2v) is 3.54. The molecule has 0 saturated carbocycles. The van der Waals surface area contributed by atoms with Crippen LogP contribution in [0.2, 0.25) is 0 Å². The zero-order valence-corrected chi connectivity index (χ0v) is 5.81. The molecule has 0 bridgehead atoms. The molecule has 0 saturated heterocycles. The normalized spacial score (nSPS) is 9.29. The summed E-state index contributed by atoms with van der Waals surface area (Å²) in [6, 6.07) is 2.18. The van der Waals surface area contributed by atoms with Crippen molar-refractivity contribution in [2.75, 3.05) is 0 Å². The van der Waals surface area contributed by atoms with Crippen molar-refractivity contribution in [2.24, 2.45) is 0 Å². The van der Waals surface area contributed by atoms with Crippen molar-refractivity contribution in [1.29, 1.82) is 0 Å². The summed E-state index contributed by atoms with van der Waals surface area (Å²) in [5.74, 6) is 0. The predicted molar refractivity (Wildman–Crippen MR) is 36.0 cm³/mol. The quantitative estimate of drug-likeness (QED) is 0.406. The van der Waals surface area contributed by atoms with E-state index < -0.39 is 0 Å². The van der Waals surface area contributed by atoms with Crippen LogP contribution in [0.25, 0.3) is 0 Å². The van der Waals surface area contributed by atoms with E-state index in [9.17, 15) is 0 Å². The Kier molecular flexibility index (Phi) is 1.77. The van der Waals surface area contributed by atoms with Gasteiger partial charge in [0.05, 0.1) is 4.88 Å². The van der Waals surface area contributed by atoms with Gasteiger partial charge in [-0.05, 0) is 6.42 Å². The molecule has 0 nitrogen and oxygen atoms in total. The fourth-order valence-electron chi connectivity index (χ4n) is 0.398. The lowest BCUT2D eigenvalue weighted by Gasteiger charge is -1.71. The third-order valence-electron chi connectivity index (χ3n) is 0.813. The first kappa shape index (κ1) is 5.19. The van der Waals surface area contributed by atoms with Gasteiger partial charge < -0.3 is 0 Å². The Morgan fingerprint density at radius 1 is 1.86 bits per heavy atom. The van der Waals surface area contributed by atoms with Crippen LogP contribution in [0.3, 0.4) is 0 Å². The van der Waals surface area contributed by atoms with Gasteiger partial charge in [0.2, 0.25) is 5.38 Å². The number of rotatable bonds is 1. The molecule has 0 aliphatic rings. The van der Waals surface area contributed by atoms with Crippen LogP contribution in [-0.4, -0.2) is 0 Å². The average Bonchev–Trinajstić information content (AvgIpc) is 2.14. The molecular formula is C5H7S2+. The lowest BCUT2D eigenvalue weighted by Crippen LogP contribution is -1.63. The smallest absolute Gasteiger partial charge is 0.0603 e. The molecule has 0 radical (unpaired) electrons. The van der Waals surface area contributed by atoms with Crippen molar-refractivity contribution >= 4 is 20.7 Å². The Morgan fingerprint density at radius 3 is 3.00 bits per heavy atom. The Bertz CT molecular complexity index is 121. The first-order chi connectivity index (χ1) is 3.43. The van der Waals surface area contributed by atoms with Crippen LogP contribution in [0.1, 0.15) is 11.8 Å². The molecule has 0 aromatic carbocycles. The van der Waals surface area contributed by atoms with Crippen LogP contribution in [0.15, 0.2) is 11.4 Å². The lowest BCUT2D eigenvalue weighted by atomic mass is 10.4. The molecular weight excluding hydrogens is 124 g/mol. The van der Waals surface area contributed by atoms with Crippen LogP contribution in [-0.2, 0) is 6.42 Å². The van der Waals surface area contributed by atoms with Gasteiger partial charge in [-0.25, -0.2) is 0 Å². The van der Waals surface area contributed by atoms with Crippen molar-refractivity contribution in [3.63, 3.8) is 0 Å². The highest BCUT2D eigenvalue weighted by molar-refractivity contribution is 7.68. The zero-order valence-electron chi connectivity index (χ0n) is 4.18. The molecule has 1 heterocycles. The summed E-state index contributed by atoms with van der Waals surface area (Å²) in [7, 11) is 3.67. The van der Waals surface area contributed by atoms with Crippen molar-refractivity contribution in [2.45, 2.75) is 13.3 Å². The van der Waals surface area contributed by atoms with Crippen molar-refractivity contribution in [3.8, 4) is 0 Å². The number of aryl methyl sites for hydroxylation is 1. The summed E-state index contributed by atoms with van der Waals surface area (Å²) in [5, 5.41) is 2.13. The molecule has 7 heavy (non-hydrogen) atoms. The molecule has 38 valence electrons. The molecule has 0 fully saturated rings. The fraction of sp³-hybridized carbons (Fsp3) is 0.400. The van der Waals surface area contributed by atoms with E-state index in [4.69, 9.17) is 0 Å². The molecule has 2 heteroatoms. The summed E-state index contributed by atoms with van der Waals surface area (Å²) in [4.78, 5) is 1.49. The third kappa shape index (κ3) is 1.21. The van der Waals surface area contributed by atoms with Gasteiger partial charge in [-0.3, -0.25) is 0 Å². The van der Waals surface area contributed by atoms with Crippen molar-refractivity contribution in [1.82, 2.24) is 0 Å². The van der Waals surface area contributed by atoms with Crippen LogP contribution in [0, 0.1) is 0 Å². The SMILES string of the molecule is CCc1cc[s+]s1. The Morgan fingerprint density at radius 2 is 2.71 bits per heavy atom. The molecule has 0 aliphatic carbocycles. The standard InChI is InChI=1S/C5H7S2/c1-2-5-3-4-6-7-5/h3-4H,2H2,1H3/q+1. The predicted octanol–water partition coefficient (Wildman–Crippen LogP) is 2.65. The molecule has 0 amide bonds. The van der Waals surface area contributed by atoms with Crippen LogP contribution in [0.5, 0.6) is 0 Å². The summed E-state index contributed by atoms with van der Waals surface area (Å²) >= 11 is 0. The van der Waals surface area contributed by atoms with Gasteiger partial charge >= 0.3 is 0 Å². The van der Waals surface area contributed by atoms with E-state index in [1.54, 1.807) is 10.3 Å². The van der Waals surface area contributed by atoms with E-state index in [-0.39, 0.29) is 0 Å². The molecule has 0 spiro atoms. The summed E-state index contributed by atoms with van der Waals surface area (Å²) in [6.07, 6.45) is 1.19. The molecule has 0 unspecified atom stereocenters. The summed E-state index contributed by atoms with van der Waals surface area (Å²) in [5.41, 5.74) is 0. The second kappa shape index (κ2) is 2.38. The van der Waals surface area contributed by atoms with Gasteiger partial charge in [-0.15, -0.1) is 0 Å². The van der Waals surface area contributed by atoms with Gasteiger partial charge in [0.25, 0.3) is 10.3 Å². The lowest BCUT2D eigenvalue weighted by molar-refractivity contribution is 1.19. The highest BCUT2D eigenvalue weighted by Gasteiger charge is 1.95. The Hall–Kier alpha value is 0.0500.